The molecule has 0 aromatic heterocycles. The van der Waals surface area contributed by atoms with E-state index in [0.29, 0.717) is 11.4 Å². The van der Waals surface area contributed by atoms with Crippen LogP contribution in [0.15, 0.2) is 48.5 Å². The molecule has 0 fully saturated rings. The number of rotatable bonds is 3. The van der Waals surface area contributed by atoms with E-state index in [1.54, 1.807) is 19.2 Å². The van der Waals surface area contributed by atoms with Crippen molar-refractivity contribution in [3.05, 3.63) is 52.1 Å². The van der Waals surface area contributed by atoms with Crippen molar-refractivity contribution in [2.24, 2.45) is 0 Å². The van der Waals surface area contributed by atoms with Crippen molar-refractivity contribution in [3.63, 3.8) is 0 Å². The minimum atomic E-state index is -0.282. The number of amides is 2. The molecule has 5 heteroatoms. The van der Waals surface area contributed by atoms with Gasteiger partial charge in [0.15, 0.2) is 0 Å². The van der Waals surface area contributed by atoms with Gasteiger partial charge in [-0.2, -0.15) is 0 Å². The van der Waals surface area contributed by atoms with E-state index in [9.17, 15) is 4.79 Å². The first-order chi connectivity index (χ1) is 9.17. The summed E-state index contributed by atoms with van der Waals surface area (Å²) >= 11 is 2.20. The number of hydrogen-bond donors (Lipinski definition) is 2. The van der Waals surface area contributed by atoms with Crippen molar-refractivity contribution >= 4 is 40.0 Å². The maximum Gasteiger partial charge on any atom is 0.323 e. The van der Waals surface area contributed by atoms with E-state index in [2.05, 4.69) is 33.2 Å². The van der Waals surface area contributed by atoms with Crippen molar-refractivity contribution < 1.29 is 9.53 Å². The highest BCUT2D eigenvalue weighted by Crippen LogP contribution is 2.17. The van der Waals surface area contributed by atoms with Crippen molar-refractivity contribution in [2.75, 3.05) is 17.7 Å². The fourth-order valence-corrected chi connectivity index (χ4v) is 2.10. The number of hydrogen-bond acceptors (Lipinski definition) is 2. The van der Waals surface area contributed by atoms with Crippen LogP contribution in [0.2, 0.25) is 0 Å². The molecule has 2 aromatic carbocycles. The van der Waals surface area contributed by atoms with Gasteiger partial charge >= 0.3 is 6.03 Å². The third-order valence-corrected chi connectivity index (χ3v) is 3.08. The number of carbonyl (C=O) groups is 1. The SMILES string of the molecule is COc1cccc(NC(=O)Nc2cccc(I)c2)c1. The number of halogens is 1. The molecule has 0 saturated heterocycles. The molecule has 0 aliphatic heterocycles. The van der Waals surface area contributed by atoms with Crippen LogP contribution in [-0.4, -0.2) is 13.1 Å². The zero-order valence-corrected chi connectivity index (χ0v) is 12.5. The normalized spacial score (nSPS) is 9.79. The van der Waals surface area contributed by atoms with Crippen LogP contribution in [0.1, 0.15) is 0 Å². The fraction of sp³-hybridized carbons (Fsp3) is 0.0714. The Morgan fingerprint density at radius 2 is 1.68 bits per heavy atom. The fourth-order valence-electron chi connectivity index (χ4n) is 1.56. The molecule has 2 amide bonds. The van der Waals surface area contributed by atoms with E-state index in [0.717, 1.165) is 9.26 Å². The monoisotopic (exact) mass is 368 g/mol. The van der Waals surface area contributed by atoms with Crippen LogP contribution in [-0.2, 0) is 0 Å². The lowest BCUT2D eigenvalue weighted by molar-refractivity contribution is 0.262. The first-order valence-electron chi connectivity index (χ1n) is 5.65. The highest BCUT2D eigenvalue weighted by molar-refractivity contribution is 14.1. The smallest absolute Gasteiger partial charge is 0.323 e. The van der Waals surface area contributed by atoms with Crippen molar-refractivity contribution in [1.82, 2.24) is 0 Å². The lowest BCUT2D eigenvalue weighted by Gasteiger charge is -2.09. The molecular weight excluding hydrogens is 355 g/mol. The zero-order chi connectivity index (χ0) is 13.7. The molecule has 0 radical (unpaired) electrons. The van der Waals surface area contributed by atoms with Crippen molar-refractivity contribution in [3.8, 4) is 5.75 Å². The van der Waals surface area contributed by atoms with Gasteiger partial charge in [0.25, 0.3) is 0 Å². The van der Waals surface area contributed by atoms with Gasteiger partial charge in [0, 0.05) is 21.0 Å². The third kappa shape index (κ3) is 4.13. The van der Waals surface area contributed by atoms with Gasteiger partial charge in [0.1, 0.15) is 5.75 Å². The summed E-state index contributed by atoms with van der Waals surface area (Å²) in [6.07, 6.45) is 0. The second kappa shape index (κ2) is 6.42. The maximum absolute atomic E-state index is 11.8. The Morgan fingerprint density at radius 3 is 2.32 bits per heavy atom. The molecule has 2 aromatic rings. The van der Waals surface area contributed by atoms with Crippen LogP contribution in [0.5, 0.6) is 5.75 Å². The average molecular weight is 368 g/mol. The van der Waals surface area contributed by atoms with Crippen LogP contribution in [0.3, 0.4) is 0 Å². The molecule has 2 rings (SSSR count). The Hall–Kier alpha value is -1.76. The first-order valence-corrected chi connectivity index (χ1v) is 6.73. The van der Waals surface area contributed by atoms with Crippen molar-refractivity contribution in [1.29, 1.82) is 0 Å². The molecule has 0 aliphatic rings. The Morgan fingerprint density at radius 1 is 1.05 bits per heavy atom. The summed E-state index contributed by atoms with van der Waals surface area (Å²) in [5, 5.41) is 5.53. The maximum atomic E-state index is 11.8. The predicted molar refractivity (Wildman–Crippen MR) is 84.8 cm³/mol. The van der Waals surface area contributed by atoms with Gasteiger partial charge in [-0.15, -0.1) is 0 Å². The molecule has 2 N–H and O–H groups in total. The van der Waals surface area contributed by atoms with Gasteiger partial charge in [0.2, 0.25) is 0 Å². The summed E-state index contributed by atoms with van der Waals surface area (Å²) in [4.78, 5) is 11.8. The topological polar surface area (TPSA) is 50.4 Å². The quantitative estimate of drug-likeness (QED) is 0.807. The van der Waals surface area contributed by atoms with E-state index in [1.165, 1.54) is 0 Å². The highest BCUT2D eigenvalue weighted by Gasteiger charge is 2.03. The molecule has 98 valence electrons. The summed E-state index contributed by atoms with van der Waals surface area (Å²) in [6, 6.07) is 14.5. The second-order valence-electron chi connectivity index (χ2n) is 3.82. The third-order valence-electron chi connectivity index (χ3n) is 2.41. The number of nitrogens with one attached hydrogen (secondary N) is 2. The number of carbonyl (C=O) groups excluding carboxylic acids is 1. The minimum absolute atomic E-state index is 0.282. The van der Waals surface area contributed by atoms with E-state index in [1.807, 2.05) is 36.4 Å². The van der Waals surface area contributed by atoms with Gasteiger partial charge in [0.05, 0.1) is 7.11 Å². The number of benzene rings is 2. The summed E-state index contributed by atoms with van der Waals surface area (Å²) in [5.41, 5.74) is 1.44. The average Bonchev–Trinajstić information content (AvgIpc) is 2.38. The Labute approximate surface area is 125 Å². The Balaban J connectivity index is 2.01. The summed E-state index contributed by atoms with van der Waals surface area (Å²) in [7, 11) is 1.59. The Kier molecular flexibility index (Phi) is 4.62. The number of anilines is 2. The lowest BCUT2D eigenvalue weighted by Crippen LogP contribution is -2.19. The number of methoxy groups -OCH3 is 1. The van der Waals surface area contributed by atoms with E-state index in [-0.39, 0.29) is 6.03 Å². The molecule has 0 atom stereocenters. The summed E-state index contributed by atoms with van der Waals surface area (Å²) in [5.74, 6) is 0.701. The molecule has 19 heavy (non-hydrogen) atoms. The largest absolute Gasteiger partial charge is 0.497 e. The van der Waals surface area contributed by atoms with Crippen LogP contribution < -0.4 is 15.4 Å². The van der Waals surface area contributed by atoms with Gasteiger partial charge < -0.3 is 15.4 Å². The van der Waals surface area contributed by atoms with Gasteiger partial charge in [-0.25, -0.2) is 4.79 Å². The van der Waals surface area contributed by atoms with E-state index < -0.39 is 0 Å². The zero-order valence-electron chi connectivity index (χ0n) is 10.3. The molecule has 0 spiro atoms. The van der Waals surface area contributed by atoms with Gasteiger partial charge in [-0.1, -0.05) is 12.1 Å². The van der Waals surface area contributed by atoms with Crippen LogP contribution in [0.4, 0.5) is 16.2 Å². The second-order valence-corrected chi connectivity index (χ2v) is 5.07. The minimum Gasteiger partial charge on any atom is -0.497 e. The van der Waals surface area contributed by atoms with Gasteiger partial charge in [-0.3, -0.25) is 0 Å². The van der Waals surface area contributed by atoms with Gasteiger partial charge in [-0.05, 0) is 52.9 Å². The predicted octanol–water partition coefficient (Wildman–Crippen LogP) is 3.94. The summed E-state index contributed by atoms with van der Waals surface area (Å²) in [6.45, 7) is 0. The highest BCUT2D eigenvalue weighted by atomic mass is 127. The van der Waals surface area contributed by atoms with Crippen LogP contribution >= 0.6 is 22.6 Å². The molecule has 0 heterocycles. The summed E-state index contributed by atoms with van der Waals surface area (Å²) < 4.78 is 6.16. The van der Waals surface area contributed by atoms with Crippen LogP contribution in [0.25, 0.3) is 0 Å². The van der Waals surface area contributed by atoms with Crippen LogP contribution in [0, 0.1) is 3.57 Å². The molecule has 0 saturated carbocycles. The standard InChI is InChI=1S/C14H13IN2O2/c1-19-13-7-3-6-12(9-13)17-14(18)16-11-5-2-4-10(15)8-11/h2-9H,1H3,(H2,16,17,18). The number of urea groups is 1. The van der Waals surface area contributed by atoms with E-state index in [4.69, 9.17) is 4.74 Å². The van der Waals surface area contributed by atoms with E-state index >= 15 is 0 Å². The first kappa shape index (κ1) is 13.7. The molecular formula is C14H13IN2O2. The number of ether oxygens (including phenoxy) is 1. The molecule has 0 bridgehead atoms. The lowest BCUT2D eigenvalue weighted by atomic mass is 10.3. The molecule has 0 aliphatic carbocycles. The van der Waals surface area contributed by atoms with Crippen molar-refractivity contribution in [2.45, 2.75) is 0 Å². The Bertz CT molecular complexity index is 587. The molecule has 0 unspecified atom stereocenters. The molecule has 4 nitrogen and oxygen atoms in total.